The van der Waals surface area contributed by atoms with Gasteiger partial charge in [-0.25, -0.2) is 14.8 Å². The first-order valence-corrected chi connectivity index (χ1v) is 14.2. The van der Waals surface area contributed by atoms with Crippen LogP contribution in [0, 0.1) is 0 Å². The third-order valence-electron chi connectivity index (χ3n) is 7.24. The maximum absolute atomic E-state index is 13.4. The largest absolute Gasteiger partial charge is 0.459 e. The molecule has 1 aliphatic heterocycles. The van der Waals surface area contributed by atoms with Gasteiger partial charge in [-0.15, -0.1) is 0 Å². The van der Waals surface area contributed by atoms with E-state index in [0.29, 0.717) is 29.3 Å². The lowest BCUT2D eigenvalue weighted by Crippen LogP contribution is -2.48. The molecule has 41 heavy (non-hydrogen) atoms. The van der Waals surface area contributed by atoms with Crippen LogP contribution in [-0.2, 0) is 32.1 Å². The van der Waals surface area contributed by atoms with Crippen LogP contribution >= 0.6 is 11.6 Å². The molecule has 0 bridgehead atoms. The van der Waals surface area contributed by atoms with Gasteiger partial charge in [-0.05, 0) is 49.3 Å². The van der Waals surface area contributed by atoms with Gasteiger partial charge in [0, 0.05) is 31.0 Å². The fraction of sp³-hybridized carbons (Fsp3) is 0.429. The van der Waals surface area contributed by atoms with E-state index < -0.39 is 12.0 Å². The van der Waals surface area contributed by atoms with Crippen LogP contribution in [0.5, 0.6) is 0 Å². The third-order valence-corrected chi connectivity index (χ3v) is 7.41. The number of halogens is 1. The van der Waals surface area contributed by atoms with Crippen molar-refractivity contribution in [3.05, 3.63) is 65.7 Å². The summed E-state index contributed by atoms with van der Waals surface area (Å²) < 4.78 is 13.4. The number of rotatable bonds is 11. The smallest absolute Gasteiger partial charge is 0.329 e. The molecule has 1 amide bonds. The van der Waals surface area contributed by atoms with Crippen molar-refractivity contribution in [3.8, 4) is 0 Å². The number of ether oxygens (including phenoxy) is 2. The summed E-state index contributed by atoms with van der Waals surface area (Å²) in [6, 6.07) is 8.58. The molecule has 1 saturated carbocycles. The van der Waals surface area contributed by atoms with Crippen molar-refractivity contribution in [2.24, 2.45) is 0 Å². The Bertz CT molecular complexity index is 1490. The third kappa shape index (κ3) is 6.49. The lowest BCUT2D eigenvalue weighted by molar-refractivity contribution is -0.149. The number of anilines is 1. The second kappa shape index (κ2) is 12.2. The van der Waals surface area contributed by atoms with E-state index in [-0.39, 0.29) is 43.0 Å². The number of fused-ring (bicyclic) bond motifs is 1. The minimum Gasteiger partial charge on any atom is -0.459 e. The molecule has 12 nitrogen and oxygen atoms in total. The molecule has 2 aliphatic rings. The van der Waals surface area contributed by atoms with Crippen LogP contribution in [0.25, 0.3) is 11.2 Å². The van der Waals surface area contributed by atoms with Gasteiger partial charge in [0.25, 0.3) is 0 Å². The molecule has 2 fully saturated rings. The first-order valence-electron chi connectivity index (χ1n) is 13.8. The highest BCUT2D eigenvalue weighted by Gasteiger charge is 2.35. The molecule has 3 aromatic heterocycles. The first kappa shape index (κ1) is 27.2. The lowest BCUT2D eigenvalue weighted by atomic mass is 10.1. The summed E-state index contributed by atoms with van der Waals surface area (Å²) in [5.74, 6) is -0.395. The van der Waals surface area contributed by atoms with Crippen molar-refractivity contribution in [2.45, 2.75) is 63.4 Å². The Morgan fingerprint density at radius 3 is 2.78 bits per heavy atom. The maximum Gasteiger partial charge on any atom is 0.329 e. The SMILES string of the molecule is O=C(CN(c1nc(Cl)nc2c1ncn2C1CCCCO1)C1CC1)N[C@@H](Cc1cnc[nH]1)C(=O)OCc1ccccc1. The number of aromatic nitrogens is 6. The van der Waals surface area contributed by atoms with Crippen LogP contribution in [0.4, 0.5) is 5.82 Å². The standard InChI is InChI=1S/C28H31ClN8O4/c29-28-34-25(24-26(35-28)37(17-32-24)23-8-4-5-11-40-23)36(20-9-10-20)14-22(38)33-21(12-19-13-30-16-31-19)27(39)41-15-18-6-2-1-3-7-18/h1-3,6-7,13,16-17,20-21,23H,4-5,8-12,14-15H2,(H,30,31)(H,33,38)/t21-,23?/m0/s1. The van der Waals surface area contributed by atoms with Crippen LogP contribution in [0.1, 0.15) is 49.6 Å². The number of carbonyl (C=O) groups excluding carboxylic acids is 2. The Balaban J connectivity index is 1.20. The molecule has 1 unspecified atom stereocenters. The molecule has 0 radical (unpaired) electrons. The summed E-state index contributed by atoms with van der Waals surface area (Å²) in [5.41, 5.74) is 2.68. The number of hydrogen-bond donors (Lipinski definition) is 2. The monoisotopic (exact) mass is 578 g/mol. The Kier molecular flexibility index (Phi) is 8.10. The highest BCUT2D eigenvalue weighted by atomic mass is 35.5. The van der Waals surface area contributed by atoms with Crippen LogP contribution in [0.3, 0.4) is 0 Å². The first-order chi connectivity index (χ1) is 20.0. The van der Waals surface area contributed by atoms with E-state index in [1.165, 1.54) is 6.33 Å². The number of benzene rings is 1. The van der Waals surface area contributed by atoms with Crippen molar-refractivity contribution >= 4 is 40.5 Å². The van der Waals surface area contributed by atoms with Gasteiger partial charge in [-0.1, -0.05) is 30.3 Å². The summed E-state index contributed by atoms with van der Waals surface area (Å²) in [6.07, 6.45) is 9.62. The van der Waals surface area contributed by atoms with E-state index in [9.17, 15) is 9.59 Å². The topological polar surface area (TPSA) is 140 Å². The van der Waals surface area contributed by atoms with Gasteiger partial charge < -0.3 is 24.7 Å². The lowest BCUT2D eigenvalue weighted by Gasteiger charge is -2.25. The number of nitrogens with one attached hydrogen (secondary N) is 2. The minimum absolute atomic E-state index is 0.0364. The Labute approximate surface area is 241 Å². The van der Waals surface area contributed by atoms with Crippen LogP contribution in [0.2, 0.25) is 5.28 Å². The molecule has 2 atom stereocenters. The molecule has 214 valence electrons. The zero-order valence-corrected chi connectivity index (χ0v) is 23.2. The highest BCUT2D eigenvalue weighted by Crippen LogP contribution is 2.35. The quantitative estimate of drug-likeness (QED) is 0.202. The summed E-state index contributed by atoms with van der Waals surface area (Å²) in [5, 5.41) is 2.94. The van der Waals surface area contributed by atoms with E-state index >= 15 is 0 Å². The minimum atomic E-state index is -0.913. The van der Waals surface area contributed by atoms with Crippen molar-refractivity contribution in [3.63, 3.8) is 0 Å². The normalized spacial score (nSPS) is 17.7. The number of imidazole rings is 2. The maximum atomic E-state index is 13.4. The molecule has 4 aromatic rings. The summed E-state index contributed by atoms with van der Waals surface area (Å²) in [6.45, 7) is 0.747. The Morgan fingerprint density at radius 2 is 2.05 bits per heavy atom. The number of carbonyl (C=O) groups is 2. The number of hydrogen-bond acceptors (Lipinski definition) is 9. The molecule has 1 aromatic carbocycles. The number of esters is 1. The second-order valence-electron chi connectivity index (χ2n) is 10.3. The van der Waals surface area contributed by atoms with Gasteiger partial charge in [0.05, 0.1) is 19.2 Å². The summed E-state index contributed by atoms with van der Waals surface area (Å²) >= 11 is 6.39. The van der Waals surface area contributed by atoms with Gasteiger partial charge in [0.1, 0.15) is 18.9 Å². The van der Waals surface area contributed by atoms with Gasteiger partial charge in [0.2, 0.25) is 11.2 Å². The van der Waals surface area contributed by atoms with E-state index in [0.717, 1.165) is 37.7 Å². The van der Waals surface area contributed by atoms with E-state index in [1.807, 2.05) is 39.8 Å². The van der Waals surface area contributed by atoms with E-state index in [1.54, 1.807) is 12.5 Å². The molecule has 4 heterocycles. The predicted octanol–water partition coefficient (Wildman–Crippen LogP) is 3.34. The Morgan fingerprint density at radius 1 is 1.20 bits per heavy atom. The van der Waals surface area contributed by atoms with Crippen molar-refractivity contribution in [1.82, 2.24) is 34.8 Å². The van der Waals surface area contributed by atoms with Crippen molar-refractivity contribution < 1.29 is 19.1 Å². The van der Waals surface area contributed by atoms with Gasteiger partial charge >= 0.3 is 5.97 Å². The fourth-order valence-corrected chi connectivity index (χ4v) is 5.19. The molecule has 1 saturated heterocycles. The molecule has 1 aliphatic carbocycles. The van der Waals surface area contributed by atoms with E-state index in [2.05, 4.69) is 30.2 Å². The van der Waals surface area contributed by atoms with Crippen molar-refractivity contribution in [2.75, 3.05) is 18.1 Å². The average molecular weight is 579 g/mol. The number of nitrogens with zero attached hydrogens (tertiary/aromatic N) is 6. The van der Waals surface area contributed by atoms with E-state index in [4.69, 9.17) is 21.1 Å². The zero-order valence-electron chi connectivity index (χ0n) is 22.4. The summed E-state index contributed by atoms with van der Waals surface area (Å²) in [7, 11) is 0. The molecular formula is C28H31ClN8O4. The molecule has 13 heteroatoms. The molecule has 6 rings (SSSR count). The second-order valence-corrected chi connectivity index (χ2v) is 10.7. The van der Waals surface area contributed by atoms with Gasteiger partial charge in [-0.3, -0.25) is 9.36 Å². The van der Waals surface area contributed by atoms with Gasteiger partial charge in [0.15, 0.2) is 17.0 Å². The van der Waals surface area contributed by atoms with Crippen LogP contribution < -0.4 is 10.2 Å². The van der Waals surface area contributed by atoms with Gasteiger partial charge in [-0.2, -0.15) is 9.97 Å². The number of amides is 1. The van der Waals surface area contributed by atoms with Crippen LogP contribution in [0.15, 0.2) is 49.2 Å². The summed E-state index contributed by atoms with van der Waals surface area (Å²) in [4.78, 5) is 49.0. The molecular weight excluding hydrogens is 548 g/mol. The zero-order chi connectivity index (χ0) is 28.2. The molecule has 2 N–H and O–H groups in total. The predicted molar refractivity (Wildman–Crippen MR) is 150 cm³/mol. The number of aromatic amines is 1. The molecule has 0 spiro atoms. The fourth-order valence-electron chi connectivity index (χ4n) is 5.03. The number of H-pyrrole nitrogens is 1. The Hall–Kier alpha value is -4.03. The average Bonchev–Trinajstić information content (AvgIpc) is 3.53. The van der Waals surface area contributed by atoms with Crippen LogP contribution in [-0.4, -0.2) is 66.6 Å². The highest BCUT2D eigenvalue weighted by molar-refractivity contribution is 6.28. The van der Waals surface area contributed by atoms with Crippen molar-refractivity contribution in [1.29, 1.82) is 0 Å².